The highest BCUT2D eigenvalue weighted by Crippen LogP contribution is 2.41. The van der Waals surface area contributed by atoms with Gasteiger partial charge in [-0.2, -0.15) is 9.50 Å². The van der Waals surface area contributed by atoms with E-state index in [4.69, 9.17) is 16.0 Å². The summed E-state index contributed by atoms with van der Waals surface area (Å²) >= 11 is 7.76. The van der Waals surface area contributed by atoms with Crippen LogP contribution in [0.25, 0.3) is 16.5 Å². The number of furan rings is 1. The van der Waals surface area contributed by atoms with Crippen molar-refractivity contribution in [2.45, 2.75) is 13.0 Å². The van der Waals surface area contributed by atoms with E-state index in [0.29, 0.717) is 21.6 Å². The van der Waals surface area contributed by atoms with Crippen molar-refractivity contribution in [3.63, 3.8) is 0 Å². The summed E-state index contributed by atoms with van der Waals surface area (Å²) in [7, 11) is 0. The molecule has 1 aliphatic rings. The van der Waals surface area contributed by atoms with Crippen molar-refractivity contribution in [1.82, 2.24) is 24.4 Å². The Morgan fingerprint density at radius 3 is 2.70 bits per heavy atom. The molecule has 1 N–H and O–H groups in total. The summed E-state index contributed by atoms with van der Waals surface area (Å²) in [6.45, 7) is 7.06. The molecule has 1 saturated heterocycles. The van der Waals surface area contributed by atoms with Crippen LogP contribution in [-0.4, -0.2) is 62.2 Å². The van der Waals surface area contributed by atoms with Crippen LogP contribution < -0.4 is 0 Å². The molecule has 0 radical (unpaired) electrons. The monoisotopic (exact) mass is 443 g/mol. The van der Waals surface area contributed by atoms with Crippen LogP contribution in [0.4, 0.5) is 0 Å². The van der Waals surface area contributed by atoms with Crippen molar-refractivity contribution in [1.29, 1.82) is 0 Å². The van der Waals surface area contributed by atoms with Gasteiger partial charge in [-0.15, -0.1) is 5.10 Å². The molecule has 0 amide bonds. The first kappa shape index (κ1) is 19.6. The molecule has 156 valence electrons. The van der Waals surface area contributed by atoms with Crippen LogP contribution in [0.5, 0.6) is 5.88 Å². The summed E-state index contributed by atoms with van der Waals surface area (Å²) in [6.07, 6.45) is 1.58. The van der Waals surface area contributed by atoms with Crippen LogP contribution in [0.2, 0.25) is 5.02 Å². The third kappa shape index (κ3) is 3.50. The zero-order valence-corrected chi connectivity index (χ0v) is 18.1. The van der Waals surface area contributed by atoms with Crippen molar-refractivity contribution in [3.05, 3.63) is 58.1 Å². The second-order valence-corrected chi connectivity index (χ2v) is 8.77. The molecular weight excluding hydrogens is 422 g/mol. The molecule has 3 aromatic heterocycles. The average molecular weight is 444 g/mol. The third-order valence-electron chi connectivity index (χ3n) is 5.57. The Balaban J connectivity index is 1.56. The fourth-order valence-electron chi connectivity index (χ4n) is 3.98. The van der Waals surface area contributed by atoms with Gasteiger partial charge >= 0.3 is 0 Å². The van der Waals surface area contributed by atoms with Gasteiger partial charge in [0.05, 0.1) is 17.2 Å². The molecule has 30 heavy (non-hydrogen) atoms. The maximum atomic E-state index is 11.1. The van der Waals surface area contributed by atoms with Crippen molar-refractivity contribution in [3.8, 4) is 17.5 Å². The Kier molecular flexibility index (Phi) is 5.24. The number of likely N-dealkylation sites (N-methyl/N-ethyl adjacent to an activating group) is 1. The molecule has 4 aromatic rings. The predicted molar refractivity (Wildman–Crippen MR) is 117 cm³/mol. The number of halogens is 1. The average Bonchev–Trinajstić information content (AvgIpc) is 3.48. The molecule has 0 saturated carbocycles. The molecule has 9 heteroatoms. The molecule has 0 bridgehead atoms. The highest BCUT2D eigenvalue weighted by atomic mass is 35.5. The van der Waals surface area contributed by atoms with Gasteiger partial charge in [-0.3, -0.25) is 4.90 Å². The van der Waals surface area contributed by atoms with E-state index in [-0.39, 0.29) is 11.9 Å². The highest BCUT2D eigenvalue weighted by Gasteiger charge is 2.31. The van der Waals surface area contributed by atoms with Crippen LogP contribution in [0.15, 0.2) is 47.1 Å². The number of fused-ring (bicyclic) bond motifs is 1. The Hall–Kier alpha value is -2.39. The van der Waals surface area contributed by atoms with Gasteiger partial charge in [0.1, 0.15) is 0 Å². The van der Waals surface area contributed by atoms with E-state index in [2.05, 4.69) is 32.9 Å². The molecular formula is C21H22ClN5O2S. The standard InChI is InChI=1S/C21H22ClN5O2S/c1-2-25-8-10-26(11-9-25)17(14-5-3-6-15(22)13-14)18-20(28)27-21(30-18)23-19(24-27)16-7-4-12-29-16/h3-7,12-13,17,28H,2,8-11H2,1H3/t17-/m0/s1. The van der Waals surface area contributed by atoms with E-state index in [1.165, 1.54) is 15.9 Å². The molecule has 5 rings (SSSR count). The molecule has 0 aliphatic carbocycles. The van der Waals surface area contributed by atoms with E-state index in [9.17, 15) is 5.11 Å². The van der Waals surface area contributed by atoms with Crippen molar-refractivity contribution in [2.24, 2.45) is 0 Å². The van der Waals surface area contributed by atoms with E-state index in [1.807, 2.05) is 18.2 Å². The second kappa shape index (κ2) is 8.03. The number of aromatic nitrogens is 3. The summed E-state index contributed by atoms with van der Waals surface area (Å²) in [5, 5.41) is 16.2. The van der Waals surface area contributed by atoms with Gasteiger partial charge in [-0.25, -0.2) is 0 Å². The van der Waals surface area contributed by atoms with Gasteiger partial charge < -0.3 is 14.4 Å². The zero-order valence-electron chi connectivity index (χ0n) is 16.5. The number of thiazole rings is 1. The Labute approximate surface area is 183 Å². The molecule has 1 aliphatic heterocycles. The maximum absolute atomic E-state index is 11.1. The molecule has 1 fully saturated rings. The first-order chi connectivity index (χ1) is 14.6. The lowest BCUT2D eigenvalue weighted by atomic mass is 10.0. The molecule has 0 unspecified atom stereocenters. The van der Waals surface area contributed by atoms with Crippen LogP contribution in [0, 0.1) is 0 Å². The smallest absolute Gasteiger partial charge is 0.230 e. The van der Waals surface area contributed by atoms with Crippen LogP contribution in [-0.2, 0) is 0 Å². The number of aromatic hydroxyl groups is 1. The molecule has 1 aromatic carbocycles. The largest absolute Gasteiger partial charge is 0.492 e. The lowest BCUT2D eigenvalue weighted by Gasteiger charge is -2.38. The van der Waals surface area contributed by atoms with Gasteiger partial charge in [0.25, 0.3) is 0 Å². The van der Waals surface area contributed by atoms with Gasteiger partial charge in [0.15, 0.2) is 5.76 Å². The highest BCUT2D eigenvalue weighted by molar-refractivity contribution is 7.17. The third-order valence-corrected chi connectivity index (χ3v) is 6.88. The minimum Gasteiger partial charge on any atom is -0.492 e. The predicted octanol–water partition coefficient (Wildman–Crippen LogP) is 4.14. The topological polar surface area (TPSA) is 70.0 Å². The quantitative estimate of drug-likeness (QED) is 0.500. The van der Waals surface area contributed by atoms with E-state index >= 15 is 0 Å². The van der Waals surface area contributed by atoms with Crippen molar-refractivity contribution in [2.75, 3.05) is 32.7 Å². The fourth-order valence-corrected chi connectivity index (χ4v) is 5.30. The first-order valence-electron chi connectivity index (χ1n) is 9.98. The number of benzene rings is 1. The Bertz CT molecular complexity index is 1150. The van der Waals surface area contributed by atoms with Gasteiger partial charge in [0.2, 0.25) is 16.7 Å². The number of rotatable bonds is 5. The minimum absolute atomic E-state index is 0.108. The minimum atomic E-state index is -0.108. The van der Waals surface area contributed by atoms with Crippen molar-refractivity contribution < 1.29 is 9.52 Å². The molecule has 1 atom stereocenters. The summed E-state index contributed by atoms with van der Waals surface area (Å²) in [5.74, 6) is 1.15. The SMILES string of the molecule is CCN1CCN([C@@H](c2cccc(Cl)c2)c2sc3nc(-c4ccco4)nn3c2O)CC1. The Morgan fingerprint density at radius 1 is 1.20 bits per heavy atom. The lowest BCUT2D eigenvalue weighted by molar-refractivity contribution is 0.113. The van der Waals surface area contributed by atoms with E-state index < -0.39 is 0 Å². The molecule has 0 spiro atoms. The van der Waals surface area contributed by atoms with Crippen LogP contribution in [0.3, 0.4) is 0 Å². The van der Waals surface area contributed by atoms with Crippen molar-refractivity contribution >= 4 is 27.9 Å². The number of nitrogens with zero attached hydrogens (tertiary/aromatic N) is 5. The second-order valence-electron chi connectivity index (χ2n) is 7.32. The van der Waals surface area contributed by atoms with Crippen LogP contribution in [0.1, 0.15) is 23.4 Å². The Morgan fingerprint density at radius 2 is 2.03 bits per heavy atom. The number of hydrogen-bond acceptors (Lipinski definition) is 7. The zero-order chi connectivity index (χ0) is 20.7. The summed E-state index contributed by atoms with van der Waals surface area (Å²) in [4.78, 5) is 10.9. The summed E-state index contributed by atoms with van der Waals surface area (Å²) in [6, 6.07) is 11.4. The normalized spacial score (nSPS) is 17.0. The summed E-state index contributed by atoms with van der Waals surface area (Å²) in [5.41, 5.74) is 1.05. The van der Waals surface area contributed by atoms with E-state index in [0.717, 1.165) is 43.2 Å². The van der Waals surface area contributed by atoms with Gasteiger partial charge in [0, 0.05) is 31.2 Å². The van der Waals surface area contributed by atoms with Gasteiger partial charge in [-0.1, -0.05) is 42.0 Å². The fraction of sp³-hybridized carbons (Fsp3) is 0.333. The first-order valence-corrected chi connectivity index (χ1v) is 11.2. The summed E-state index contributed by atoms with van der Waals surface area (Å²) < 4.78 is 6.89. The van der Waals surface area contributed by atoms with Gasteiger partial charge in [-0.05, 0) is 36.4 Å². The lowest BCUT2D eigenvalue weighted by Crippen LogP contribution is -2.47. The number of piperazine rings is 1. The molecule has 7 nitrogen and oxygen atoms in total. The van der Waals surface area contributed by atoms with Crippen LogP contribution >= 0.6 is 22.9 Å². The molecule has 4 heterocycles. The maximum Gasteiger partial charge on any atom is 0.230 e. The number of hydrogen-bond donors (Lipinski definition) is 1. The van der Waals surface area contributed by atoms with E-state index in [1.54, 1.807) is 18.4 Å².